The van der Waals surface area contributed by atoms with Gasteiger partial charge >= 0.3 is 0 Å². The molecule has 0 saturated carbocycles. The number of aldehydes is 1. The quantitative estimate of drug-likeness (QED) is 0.101. The molecule has 0 saturated heterocycles. The van der Waals surface area contributed by atoms with Crippen LogP contribution in [-0.4, -0.2) is 6.29 Å². The average Bonchev–Trinajstić information content (AvgIpc) is 3.54. The number of hydrogen-bond acceptors (Lipinski definition) is 3. The fourth-order valence-electron chi connectivity index (χ4n) is 6.79. The summed E-state index contributed by atoms with van der Waals surface area (Å²) >= 11 is 1.94. The number of thiophene rings is 1. The predicted molar refractivity (Wildman–Crippen MR) is 204 cm³/mol. The minimum atomic E-state index is 0.699. The van der Waals surface area contributed by atoms with Crippen molar-refractivity contribution in [3.05, 3.63) is 88.1 Å². The summed E-state index contributed by atoms with van der Waals surface area (Å²) in [5, 5.41) is 5.12. The molecule has 0 N–H and O–H groups in total. The van der Waals surface area contributed by atoms with Gasteiger partial charge in [0, 0.05) is 21.2 Å². The molecule has 1 heterocycles. The monoisotopic (exact) mass is 635 g/mol. The van der Waals surface area contributed by atoms with E-state index in [0.29, 0.717) is 5.56 Å². The van der Waals surface area contributed by atoms with Crippen molar-refractivity contribution in [3.63, 3.8) is 0 Å². The fraction of sp³-hybridized carbons (Fsp3) is 0.465. The number of nitrogens with zero attached hydrogens (tertiary/aromatic N) is 1. The van der Waals surface area contributed by atoms with E-state index in [1.165, 1.54) is 107 Å². The molecule has 0 spiro atoms. The molecule has 0 aliphatic heterocycles. The Morgan fingerprint density at radius 1 is 0.739 bits per heavy atom. The number of rotatable bonds is 18. The maximum Gasteiger partial charge on any atom is 0.150 e. The first-order chi connectivity index (χ1) is 22.4. The normalized spacial score (nSPS) is 14.2. The SMILES string of the molecule is CCCCC(CC)CCC(C)=c1cc(N(c2ccc(C=O)cc2)c2cccc3ccccc23)sc1=C(C)CCC(CC)CCCC. The van der Waals surface area contributed by atoms with Crippen molar-refractivity contribution in [2.75, 3.05) is 4.90 Å². The van der Waals surface area contributed by atoms with Crippen LogP contribution in [0.3, 0.4) is 0 Å². The van der Waals surface area contributed by atoms with Crippen molar-refractivity contribution in [2.45, 2.75) is 119 Å². The Kier molecular flexibility index (Phi) is 14.1. The lowest BCUT2D eigenvalue weighted by molar-refractivity contribution is 0.112. The maximum atomic E-state index is 11.6. The van der Waals surface area contributed by atoms with Gasteiger partial charge in [-0.1, -0.05) is 127 Å². The zero-order chi connectivity index (χ0) is 32.9. The zero-order valence-corrected chi connectivity index (χ0v) is 30.2. The summed E-state index contributed by atoms with van der Waals surface area (Å²) in [6, 6.07) is 25.8. The van der Waals surface area contributed by atoms with E-state index >= 15 is 0 Å². The number of unbranched alkanes of at least 4 members (excludes halogenated alkanes) is 2. The molecule has 246 valence electrons. The van der Waals surface area contributed by atoms with Gasteiger partial charge in [0.05, 0.1) is 5.69 Å². The second-order valence-electron chi connectivity index (χ2n) is 13.3. The lowest BCUT2D eigenvalue weighted by Gasteiger charge is -2.25. The van der Waals surface area contributed by atoms with Crippen molar-refractivity contribution < 1.29 is 4.79 Å². The number of anilines is 3. The highest BCUT2D eigenvalue weighted by molar-refractivity contribution is 7.14. The van der Waals surface area contributed by atoms with Gasteiger partial charge in [0.25, 0.3) is 0 Å². The lowest BCUT2D eigenvalue weighted by Crippen LogP contribution is -2.23. The molecule has 0 aliphatic carbocycles. The molecule has 0 amide bonds. The zero-order valence-electron chi connectivity index (χ0n) is 29.4. The van der Waals surface area contributed by atoms with Crippen LogP contribution in [0.25, 0.3) is 21.9 Å². The molecule has 4 aromatic rings. The number of carbonyl (C=O) groups excluding carboxylic acids is 1. The Morgan fingerprint density at radius 3 is 1.96 bits per heavy atom. The molecular formula is C43H57NOS. The first kappa shape index (κ1) is 35.7. The molecule has 0 fully saturated rings. The summed E-state index contributed by atoms with van der Waals surface area (Å²) in [7, 11) is 0. The molecule has 4 rings (SSSR count). The van der Waals surface area contributed by atoms with Gasteiger partial charge < -0.3 is 4.90 Å². The fourth-order valence-corrected chi connectivity index (χ4v) is 8.09. The molecule has 3 aromatic carbocycles. The minimum absolute atomic E-state index is 0.699. The lowest BCUT2D eigenvalue weighted by atomic mass is 9.91. The number of carbonyl (C=O) groups is 1. The van der Waals surface area contributed by atoms with Crippen LogP contribution in [0.1, 0.15) is 129 Å². The third-order valence-corrected chi connectivity index (χ3v) is 11.3. The molecule has 46 heavy (non-hydrogen) atoms. The summed E-state index contributed by atoms with van der Waals surface area (Å²) in [6.45, 7) is 14.1. The van der Waals surface area contributed by atoms with E-state index in [-0.39, 0.29) is 0 Å². The highest BCUT2D eigenvalue weighted by Gasteiger charge is 2.19. The van der Waals surface area contributed by atoms with Gasteiger partial charge in [-0.3, -0.25) is 4.79 Å². The van der Waals surface area contributed by atoms with Crippen LogP contribution in [0.15, 0.2) is 72.8 Å². The number of hydrogen-bond donors (Lipinski definition) is 0. The van der Waals surface area contributed by atoms with Crippen molar-refractivity contribution in [1.82, 2.24) is 0 Å². The van der Waals surface area contributed by atoms with E-state index in [1.807, 2.05) is 23.5 Å². The Balaban J connectivity index is 1.88. The topological polar surface area (TPSA) is 20.3 Å². The van der Waals surface area contributed by atoms with Gasteiger partial charge in [-0.15, -0.1) is 11.3 Å². The highest BCUT2D eigenvalue weighted by atomic mass is 32.1. The average molecular weight is 636 g/mol. The smallest absolute Gasteiger partial charge is 0.150 e. The Bertz CT molecular complexity index is 1590. The summed E-state index contributed by atoms with van der Waals surface area (Å²) in [5.74, 6) is 1.60. The minimum Gasteiger partial charge on any atom is -0.301 e. The van der Waals surface area contributed by atoms with E-state index in [0.717, 1.165) is 36.7 Å². The third-order valence-electron chi connectivity index (χ3n) is 10.0. The van der Waals surface area contributed by atoms with Crippen LogP contribution in [0.2, 0.25) is 0 Å². The second kappa shape index (κ2) is 18.2. The first-order valence-electron chi connectivity index (χ1n) is 18.1. The molecule has 0 aliphatic rings. The Hall–Kier alpha value is -3.17. The Labute approximate surface area is 283 Å². The van der Waals surface area contributed by atoms with E-state index in [1.54, 1.807) is 0 Å². The van der Waals surface area contributed by atoms with Crippen molar-refractivity contribution >= 4 is 55.9 Å². The van der Waals surface area contributed by atoms with E-state index in [4.69, 9.17) is 0 Å². The highest BCUT2D eigenvalue weighted by Crippen LogP contribution is 2.40. The van der Waals surface area contributed by atoms with Crippen LogP contribution in [0, 0.1) is 11.8 Å². The predicted octanol–water partition coefficient (Wildman–Crippen LogP) is 12.5. The van der Waals surface area contributed by atoms with Gasteiger partial charge in [0.15, 0.2) is 0 Å². The molecule has 0 bridgehead atoms. The summed E-state index contributed by atoms with van der Waals surface area (Å²) in [4.78, 5) is 14.0. The van der Waals surface area contributed by atoms with Gasteiger partial charge in [0.2, 0.25) is 0 Å². The van der Waals surface area contributed by atoms with Gasteiger partial charge in [-0.2, -0.15) is 0 Å². The molecule has 2 nitrogen and oxygen atoms in total. The molecule has 2 unspecified atom stereocenters. The van der Waals surface area contributed by atoms with E-state index < -0.39 is 0 Å². The van der Waals surface area contributed by atoms with Crippen molar-refractivity contribution in [1.29, 1.82) is 0 Å². The van der Waals surface area contributed by atoms with E-state index in [9.17, 15) is 4.79 Å². The maximum absolute atomic E-state index is 11.6. The number of benzene rings is 3. The second-order valence-corrected chi connectivity index (χ2v) is 14.4. The van der Waals surface area contributed by atoms with Crippen LogP contribution in [-0.2, 0) is 0 Å². The van der Waals surface area contributed by atoms with Gasteiger partial charge in [-0.05, 0) is 98.4 Å². The largest absolute Gasteiger partial charge is 0.301 e. The summed E-state index contributed by atoms with van der Waals surface area (Å²) in [6.07, 6.45) is 16.2. The van der Waals surface area contributed by atoms with Crippen LogP contribution in [0.5, 0.6) is 0 Å². The molecule has 2 atom stereocenters. The molecule has 0 radical (unpaired) electrons. The summed E-state index contributed by atoms with van der Waals surface area (Å²) in [5.41, 5.74) is 5.98. The van der Waals surface area contributed by atoms with E-state index in [2.05, 4.69) is 107 Å². The Morgan fingerprint density at radius 2 is 1.35 bits per heavy atom. The molecule has 3 heteroatoms. The van der Waals surface area contributed by atoms with Crippen LogP contribution < -0.4 is 14.7 Å². The molecular weight excluding hydrogens is 579 g/mol. The first-order valence-corrected chi connectivity index (χ1v) is 18.9. The van der Waals surface area contributed by atoms with Crippen LogP contribution in [0.4, 0.5) is 16.4 Å². The summed E-state index contributed by atoms with van der Waals surface area (Å²) < 4.78 is 1.45. The van der Waals surface area contributed by atoms with Crippen LogP contribution >= 0.6 is 11.3 Å². The number of fused-ring (bicyclic) bond motifs is 1. The van der Waals surface area contributed by atoms with Crippen molar-refractivity contribution in [3.8, 4) is 0 Å². The third kappa shape index (κ3) is 9.22. The van der Waals surface area contributed by atoms with Gasteiger partial charge in [0.1, 0.15) is 11.3 Å². The standard InChI is InChI=1S/C43H57NOS/c1-7-11-16-34(9-3)24-22-32(5)40-30-42(46-43(40)33(6)23-25-35(10-4)17-12-8-2)44(38-28-26-36(31-45)27-29-38)41-21-15-19-37-18-13-14-20-39(37)41/h13-15,18-21,26-31,34-35H,7-12,16-17,22-25H2,1-6H3. The van der Waals surface area contributed by atoms with Crippen molar-refractivity contribution in [2.24, 2.45) is 11.8 Å². The van der Waals surface area contributed by atoms with Gasteiger partial charge in [-0.25, -0.2) is 0 Å². The molecule has 1 aromatic heterocycles.